The van der Waals surface area contributed by atoms with E-state index in [1.165, 1.54) is 12.3 Å². The second-order valence-electron chi connectivity index (χ2n) is 11.3. The topological polar surface area (TPSA) is 144 Å². The molecule has 232 valence electrons. The second kappa shape index (κ2) is 13.7. The van der Waals surface area contributed by atoms with Gasteiger partial charge in [0.25, 0.3) is 0 Å². The number of anilines is 2. The van der Waals surface area contributed by atoms with Gasteiger partial charge in [-0.05, 0) is 77.1 Å². The zero-order valence-electron chi connectivity index (χ0n) is 24.5. The van der Waals surface area contributed by atoms with Crippen LogP contribution in [0.5, 0.6) is 11.6 Å². The Kier molecular flexibility index (Phi) is 10.3. The highest BCUT2D eigenvalue weighted by atomic mass is 35.5. The van der Waals surface area contributed by atoms with Crippen molar-refractivity contribution in [3.8, 4) is 22.9 Å². The van der Waals surface area contributed by atoms with Gasteiger partial charge in [-0.2, -0.15) is 0 Å². The first kappa shape index (κ1) is 32.2. The van der Waals surface area contributed by atoms with Gasteiger partial charge < -0.3 is 20.1 Å². The van der Waals surface area contributed by atoms with E-state index in [4.69, 9.17) is 21.1 Å². The van der Waals surface area contributed by atoms with Crippen molar-refractivity contribution in [2.24, 2.45) is 0 Å². The second-order valence-corrected chi connectivity index (χ2v) is 13.5. The first-order valence-corrected chi connectivity index (χ1v) is 16.1. The van der Waals surface area contributed by atoms with Crippen molar-refractivity contribution in [3.05, 3.63) is 53.6 Å². The number of benzene rings is 1. The number of hydrogen-bond donors (Lipinski definition) is 3. The number of nitrogens with one attached hydrogen (secondary N) is 3. The molecule has 3 N–H and O–H groups in total. The fourth-order valence-corrected chi connectivity index (χ4v) is 5.96. The molecule has 0 spiro atoms. The number of halogens is 2. The van der Waals surface area contributed by atoms with Crippen LogP contribution in [-0.2, 0) is 14.8 Å². The van der Waals surface area contributed by atoms with Gasteiger partial charge in [0.1, 0.15) is 5.60 Å². The van der Waals surface area contributed by atoms with Gasteiger partial charge in [0.15, 0.2) is 11.6 Å². The number of pyridine rings is 1. The molecule has 0 unspecified atom stereocenters. The highest BCUT2D eigenvalue weighted by molar-refractivity contribution is 7.92. The summed E-state index contributed by atoms with van der Waals surface area (Å²) in [5.41, 5.74) is 0.403. The lowest BCUT2D eigenvalue weighted by Crippen LogP contribution is -2.42. The first-order valence-electron chi connectivity index (χ1n) is 14.0. The summed E-state index contributed by atoms with van der Waals surface area (Å²) in [6.45, 7) is 7.21. The van der Waals surface area contributed by atoms with Crippen LogP contribution in [-0.4, -0.2) is 52.9 Å². The first-order chi connectivity index (χ1) is 20.3. The fourth-order valence-electron chi connectivity index (χ4n) is 4.60. The van der Waals surface area contributed by atoms with Crippen LogP contribution in [0.4, 0.5) is 20.8 Å². The minimum Gasteiger partial charge on any atom is -0.444 e. The largest absolute Gasteiger partial charge is 0.444 e. The number of amides is 1. The Labute approximate surface area is 256 Å². The van der Waals surface area contributed by atoms with Crippen LogP contribution in [0.3, 0.4) is 0 Å². The monoisotopic (exact) mass is 634 g/mol. The standard InChI is InChI=1S/C29H36ClFN6O5S/c1-5-15-43(39,40)37-20-16-22(30)25(23(31)17-20)41-26-21(7-6-13-32-26)24-12-14-33-27(36-24)34-18-8-10-19(11-9-18)35-28(38)42-29(2,3)4/h6-7,12-14,16-19,37H,5,8-11,15H2,1-4H3,(H,35,38)(H,33,34,36). The predicted octanol–water partition coefficient (Wildman–Crippen LogP) is 6.52. The third kappa shape index (κ3) is 9.39. The number of carbonyl (C=O) groups excluding carboxylic acids is 1. The Bertz CT molecular complexity index is 1520. The van der Waals surface area contributed by atoms with E-state index in [0.717, 1.165) is 31.7 Å². The van der Waals surface area contributed by atoms with E-state index in [1.807, 2.05) is 20.8 Å². The smallest absolute Gasteiger partial charge is 0.407 e. The molecule has 1 aliphatic carbocycles. The van der Waals surface area contributed by atoms with Crippen LogP contribution >= 0.6 is 11.6 Å². The van der Waals surface area contributed by atoms with Crippen LogP contribution in [0, 0.1) is 5.82 Å². The summed E-state index contributed by atoms with van der Waals surface area (Å²) in [5.74, 6) is -0.807. The van der Waals surface area contributed by atoms with Crippen molar-refractivity contribution in [1.29, 1.82) is 0 Å². The lowest BCUT2D eigenvalue weighted by molar-refractivity contribution is 0.0492. The van der Waals surface area contributed by atoms with Gasteiger partial charge in [0.05, 0.1) is 27.7 Å². The number of sulfonamides is 1. The summed E-state index contributed by atoms with van der Waals surface area (Å²) < 4.78 is 52.7. The zero-order chi connectivity index (χ0) is 31.2. The molecule has 43 heavy (non-hydrogen) atoms. The average molecular weight is 635 g/mol. The number of rotatable bonds is 10. The molecule has 1 aliphatic rings. The highest BCUT2D eigenvalue weighted by Gasteiger charge is 2.25. The average Bonchev–Trinajstić information content (AvgIpc) is 2.91. The SMILES string of the molecule is CCCS(=O)(=O)Nc1cc(F)c(Oc2ncccc2-c2ccnc(NC3CCC(NC(=O)OC(C)(C)C)CC3)n2)c(Cl)c1. The van der Waals surface area contributed by atoms with E-state index in [9.17, 15) is 13.2 Å². The fraction of sp³-hybridized carbons (Fsp3) is 0.448. The van der Waals surface area contributed by atoms with Crippen molar-refractivity contribution < 1.29 is 27.1 Å². The quantitative estimate of drug-likeness (QED) is 0.227. The van der Waals surface area contributed by atoms with E-state index in [0.29, 0.717) is 23.6 Å². The Hall–Kier alpha value is -3.71. The van der Waals surface area contributed by atoms with Crippen LogP contribution in [0.1, 0.15) is 59.8 Å². The van der Waals surface area contributed by atoms with Gasteiger partial charge >= 0.3 is 6.09 Å². The molecule has 0 aliphatic heterocycles. The Morgan fingerprint density at radius 1 is 1.09 bits per heavy atom. The number of hydrogen-bond acceptors (Lipinski definition) is 9. The molecular formula is C29H36ClFN6O5S. The molecule has 1 fully saturated rings. The number of ether oxygens (including phenoxy) is 2. The molecule has 0 radical (unpaired) electrons. The van der Waals surface area contributed by atoms with E-state index >= 15 is 4.39 Å². The van der Waals surface area contributed by atoms with Gasteiger partial charge in [-0.15, -0.1) is 0 Å². The summed E-state index contributed by atoms with van der Waals surface area (Å²) in [5, 5.41) is 6.16. The number of carbonyl (C=O) groups is 1. The molecule has 0 bridgehead atoms. The molecule has 14 heteroatoms. The Balaban J connectivity index is 1.43. The highest BCUT2D eigenvalue weighted by Crippen LogP contribution is 2.37. The van der Waals surface area contributed by atoms with Gasteiger partial charge in [0.2, 0.25) is 21.9 Å². The lowest BCUT2D eigenvalue weighted by Gasteiger charge is -2.30. The Morgan fingerprint density at radius 2 is 1.81 bits per heavy atom. The molecule has 0 atom stereocenters. The third-order valence-electron chi connectivity index (χ3n) is 6.43. The van der Waals surface area contributed by atoms with Crippen LogP contribution in [0.2, 0.25) is 5.02 Å². The van der Waals surface area contributed by atoms with Crippen molar-refractivity contribution in [3.63, 3.8) is 0 Å². The molecule has 3 aromatic rings. The normalized spacial score (nSPS) is 17.2. The summed E-state index contributed by atoms with van der Waals surface area (Å²) in [6.07, 6.45) is 6.25. The number of nitrogens with zero attached hydrogens (tertiary/aromatic N) is 3. The van der Waals surface area contributed by atoms with Crippen LogP contribution in [0.15, 0.2) is 42.7 Å². The Morgan fingerprint density at radius 3 is 2.49 bits per heavy atom. The van der Waals surface area contributed by atoms with E-state index in [2.05, 4.69) is 30.3 Å². The van der Waals surface area contributed by atoms with Gasteiger partial charge in [-0.3, -0.25) is 4.72 Å². The minimum absolute atomic E-state index is 0.00860. The molecule has 1 aromatic carbocycles. The number of alkyl carbamates (subject to hydrolysis) is 1. The van der Waals surface area contributed by atoms with Gasteiger partial charge in [-0.25, -0.2) is 32.6 Å². The minimum atomic E-state index is -3.63. The predicted molar refractivity (Wildman–Crippen MR) is 163 cm³/mol. The maximum Gasteiger partial charge on any atom is 0.407 e. The summed E-state index contributed by atoms with van der Waals surface area (Å²) in [6, 6.07) is 7.52. The van der Waals surface area contributed by atoms with Gasteiger partial charge in [0, 0.05) is 30.5 Å². The van der Waals surface area contributed by atoms with Crippen molar-refractivity contribution in [2.45, 2.75) is 77.5 Å². The molecular weight excluding hydrogens is 599 g/mol. The van der Waals surface area contributed by atoms with E-state index in [1.54, 1.807) is 31.3 Å². The molecule has 2 aromatic heterocycles. The third-order valence-corrected chi connectivity index (χ3v) is 8.20. The van der Waals surface area contributed by atoms with Crippen LogP contribution < -0.4 is 20.1 Å². The summed E-state index contributed by atoms with van der Waals surface area (Å²) in [4.78, 5) is 25.3. The number of aromatic nitrogens is 3. The van der Waals surface area contributed by atoms with Crippen molar-refractivity contribution >= 4 is 39.4 Å². The molecule has 1 amide bonds. The maximum atomic E-state index is 15.0. The maximum absolute atomic E-state index is 15.0. The summed E-state index contributed by atoms with van der Waals surface area (Å²) >= 11 is 6.30. The lowest BCUT2D eigenvalue weighted by atomic mass is 9.91. The zero-order valence-corrected chi connectivity index (χ0v) is 26.1. The molecule has 11 nitrogen and oxygen atoms in total. The van der Waals surface area contributed by atoms with Crippen LogP contribution in [0.25, 0.3) is 11.3 Å². The molecule has 0 saturated heterocycles. The van der Waals surface area contributed by atoms with E-state index < -0.39 is 27.5 Å². The van der Waals surface area contributed by atoms with E-state index in [-0.39, 0.29) is 40.2 Å². The summed E-state index contributed by atoms with van der Waals surface area (Å²) in [7, 11) is -3.63. The van der Waals surface area contributed by atoms with Crippen molar-refractivity contribution in [2.75, 3.05) is 15.8 Å². The molecule has 2 heterocycles. The molecule has 1 saturated carbocycles. The van der Waals surface area contributed by atoms with Gasteiger partial charge in [-0.1, -0.05) is 18.5 Å². The van der Waals surface area contributed by atoms with Crippen molar-refractivity contribution in [1.82, 2.24) is 20.3 Å². The molecule has 4 rings (SSSR count).